The van der Waals surface area contributed by atoms with Gasteiger partial charge in [0.25, 0.3) is 0 Å². The van der Waals surface area contributed by atoms with Gasteiger partial charge in [0.2, 0.25) is 0 Å². The molecule has 0 aromatic carbocycles. The van der Waals surface area contributed by atoms with Crippen LogP contribution in [0.4, 0.5) is 0 Å². The molecule has 1 unspecified atom stereocenters. The maximum atomic E-state index is 10.8. The van der Waals surface area contributed by atoms with Crippen molar-refractivity contribution in [1.29, 1.82) is 0 Å². The fourth-order valence-corrected chi connectivity index (χ4v) is 2.58. The van der Waals surface area contributed by atoms with Crippen molar-refractivity contribution < 1.29 is 15.0 Å². The molecule has 5 heteroatoms. The molecule has 0 aromatic rings. The van der Waals surface area contributed by atoms with E-state index in [2.05, 4.69) is 10.2 Å². The first-order valence-electron chi connectivity index (χ1n) is 5.38. The molecule has 0 bridgehead atoms. The molecule has 15 heavy (non-hydrogen) atoms. The first-order chi connectivity index (χ1) is 6.99. The van der Waals surface area contributed by atoms with Crippen LogP contribution in [0, 0.1) is 11.8 Å². The van der Waals surface area contributed by atoms with E-state index in [1.54, 1.807) is 0 Å². The molecule has 2 aliphatic heterocycles. The minimum atomic E-state index is -1.62. The van der Waals surface area contributed by atoms with E-state index in [1.807, 2.05) is 0 Å². The maximum absolute atomic E-state index is 10.8. The summed E-state index contributed by atoms with van der Waals surface area (Å²) in [6, 6.07) is 0. The lowest BCUT2D eigenvalue weighted by Crippen LogP contribution is -2.46. The minimum Gasteiger partial charge on any atom is -0.479 e. The second-order valence-electron chi connectivity index (χ2n) is 4.95. The van der Waals surface area contributed by atoms with Crippen molar-refractivity contribution in [3.05, 3.63) is 0 Å². The van der Waals surface area contributed by atoms with Crippen molar-refractivity contribution in [3.8, 4) is 0 Å². The topological polar surface area (TPSA) is 72.8 Å². The van der Waals surface area contributed by atoms with E-state index < -0.39 is 11.6 Å². The highest BCUT2D eigenvalue weighted by molar-refractivity contribution is 5.76. The van der Waals surface area contributed by atoms with Crippen LogP contribution in [0.15, 0.2) is 0 Å². The maximum Gasteiger partial charge on any atom is 0.336 e. The van der Waals surface area contributed by atoms with Gasteiger partial charge in [0.05, 0.1) is 0 Å². The molecule has 2 aliphatic rings. The molecule has 2 fully saturated rings. The quantitative estimate of drug-likeness (QED) is 0.560. The number of nitrogens with zero attached hydrogens (tertiary/aromatic N) is 1. The number of β-amino-alcohol motifs (C(OH)–C–C–N with tert-alkyl or cyclic N) is 1. The van der Waals surface area contributed by atoms with E-state index in [1.165, 1.54) is 6.92 Å². The molecule has 5 nitrogen and oxygen atoms in total. The van der Waals surface area contributed by atoms with Crippen molar-refractivity contribution in [2.24, 2.45) is 11.8 Å². The van der Waals surface area contributed by atoms with Gasteiger partial charge in [-0.25, -0.2) is 4.79 Å². The highest BCUT2D eigenvalue weighted by Gasteiger charge is 2.40. The summed E-state index contributed by atoms with van der Waals surface area (Å²) in [5.41, 5.74) is -1.62. The normalized spacial score (nSPS) is 35.1. The number of aliphatic hydroxyl groups is 1. The Morgan fingerprint density at radius 1 is 1.47 bits per heavy atom. The number of fused-ring (bicyclic) bond motifs is 1. The number of carboxylic acids is 1. The summed E-state index contributed by atoms with van der Waals surface area (Å²) >= 11 is 0. The molecule has 86 valence electrons. The first kappa shape index (κ1) is 10.9. The Labute approximate surface area is 89.1 Å². The number of nitrogens with one attached hydrogen (secondary N) is 1. The lowest BCUT2D eigenvalue weighted by Gasteiger charge is -2.25. The lowest BCUT2D eigenvalue weighted by molar-refractivity contribution is -0.158. The van der Waals surface area contributed by atoms with Crippen LogP contribution < -0.4 is 5.32 Å². The molecular weight excluding hydrogens is 196 g/mol. The molecule has 2 rings (SSSR count). The largest absolute Gasteiger partial charge is 0.479 e. The summed E-state index contributed by atoms with van der Waals surface area (Å²) < 4.78 is 0. The lowest BCUT2D eigenvalue weighted by atomic mass is 10.0. The van der Waals surface area contributed by atoms with Gasteiger partial charge in [-0.1, -0.05) is 0 Å². The average molecular weight is 214 g/mol. The van der Waals surface area contributed by atoms with Gasteiger partial charge >= 0.3 is 5.97 Å². The summed E-state index contributed by atoms with van der Waals surface area (Å²) in [6.07, 6.45) is 0. The number of aliphatic carboxylic acids is 1. The minimum absolute atomic E-state index is 0.231. The number of carboxylic acid groups (broad SMARTS) is 1. The predicted molar refractivity (Wildman–Crippen MR) is 54.5 cm³/mol. The second-order valence-corrected chi connectivity index (χ2v) is 4.95. The third-order valence-corrected chi connectivity index (χ3v) is 3.46. The molecule has 0 radical (unpaired) electrons. The monoisotopic (exact) mass is 214 g/mol. The molecule has 0 aromatic heterocycles. The molecule has 3 N–H and O–H groups in total. The Balaban J connectivity index is 1.90. The first-order valence-corrected chi connectivity index (χ1v) is 5.38. The summed E-state index contributed by atoms with van der Waals surface area (Å²) in [6.45, 7) is 5.45. The van der Waals surface area contributed by atoms with E-state index in [-0.39, 0.29) is 6.54 Å². The molecule has 0 saturated carbocycles. The van der Waals surface area contributed by atoms with E-state index in [0.717, 1.165) is 26.2 Å². The summed E-state index contributed by atoms with van der Waals surface area (Å²) in [5.74, 6) is 0.127. The molecular formula is C10H18N2O3. The molecule has 0 spiro atoms. The molecule has 2 heterocycles. The smallest absolute Gasteiger partial charge is 0.336 e. The fraction of sp³-hybridized carbons (Fsp3) is 0.900. The van der Waals surface area contributed by atoms with Crippen molar-refractivity contribution in [2.75, 3.05) is 32.7 Å². The van der Waals surface area contributed by atoms with Crippen molar-refractivity contribution in [1.82, 2.24) is 10.2 Å². The van der Waals surface area contributed by atoms with Crippen molar-refractivity contribution in [3.63, 3.8) is 0 Å². The number of carbonyl (C=O) groups is 1. The van der Waals surface area contributed by atoms with Gasteiger partial charge in [0.15, 0.2) is 5.60 Å². The van der Waals surface area contributed by atoms with Crippen LogP contribution in [0.3, 0.4) is 0 Å². The van der Waals surface area contributed by atoms with Gasteiger partial charge in [0, 0.05) is 19.6 Å². The number of likely N-dealkylation sites (tertiary alicyclic amines) is 1. The Morgan fingerprint density at radius 3 is 2.47 bits per heavy atom. The zero-order valence-corrected chi connectivity index (χ0v) is 8.94. The van der Waals surface area contributed by atoms with E-state index in [9.17, 15) is 9.90 Å². The molecule has 0 amide bonds. The Bertz CT molecular complexity index is 255. The fourth-order valence-electron chi connectivity index (χ4n) is 2.58. The zero-order chi connectivity index (χ0) is 11.1. The SMILES string of the molecule is CC(O)(CN1C[C@H]2CNC[C@H]2C1)C(=O)O. The van der Waals surface area contributed by atoms with Gasteiger partial charge < -0.3 is 15.5 Å². The van der Waals surface area contributed by atoms with Gasteiger partial charge in [-0.05, 0) is 31.8 Å². The van der Waals surface area contributed by atoms with E-state index in [4.69, 9.17) is 5.11 Å². The predicted octanol–water partition coefficient (Wildman–Crippen LogP) is -1.03. The number of hydrogen-bond acceptors (Lipinski definition) is 4. The Hall–Kier alpha value is -0.650. The van der Waals surface area contributed by atoms with E-state index in [0.29, 0.717) is 11.8 Å². The number of rotatable bonds is 3. The number of hydrogen-bond donors (Lipinski definition) is 3. The van der Waals surface area contributed by atoms with Gasteiger partial charge in [-0.15, -0.1) is 0 Å². The van der Waals surface area contributed by atoms with Crippen LogP contribution in [0.1, 0.15) is 6.92 Å². The molecule has 0 aliphatic carbocycles. The van der Waals surface area contributed by atoms with Crippen LogP contribution in [-0.4, -0.2) is 59.4 Å². The third-order valence-electron chi connectivity index (χ3n) is 3.46. The summed E-state index contributed by atoms with van der Waals surface area (Å²) in [7, 11) is 0. The zero-order valence-electron chi connectivity index (χ0n) is 8.94. The van der Waals surface area contributed by atoms with Gasteiger partial charge in [-0.3, -0.25) is 4.90 Å². The van der Waals surface area contributed by atoms with Gasteiger partial charge in [-0.2, -0.15) is 0 Å². The second kappa shape index (κ2) is 3.73. The van der Waals surface area contributed by atoms with Crippen molar-refractivity contribution in [2.45, 2.75) is 12.5 Å². The summed E-state index contributed by atoms with van der Waals surface area (Å²) in [5, 5.41) is 21.8. The van der Waals surface area contributed by atoms with Crippen LogP contribution in [0.25, 0.3) is 0 Å². The van der Waals surface area contributed by atoms with Crippen LogP contribution in [0.5, 0.6) is 0 Å². The highest BCUT2D eigenvalue weighted by atomic mass is 16.4. The van der Waals surface area contributed by atoms with Crippen LogP contribution in [-0.2, 0) is 4.79 Å². The van der Waals surface area contributed by atoms with E-state index >= 15 is 0 Å². The van der Waals surface area contributed by atoms with Crippen LogP contribution in [0.2, 0.25) is 0 Å². The average Bonchev–Trinajstić information content (AvgIpc) is 2.62. The Kier molecular flexibility index (Phi) is 2.70. The Morgan fingerprint density at radius 2 is 2.00 bits per heavy atom. The standard InChI is InChI=1S/C10H18N2O3/c1-10(15,9(13)14)6-12-4-7-2-11-3-8(7)5-12/h7-8,11,15H,2-6H2,1H3,(H,13,14)/t7-,8+,10?. The third kappa shape index (κ3) is 2.14. The highest BCUT2D eigenvalue weighted by Crippen LogP contribution is 2.27. The summed E-state index contributed by atoms with van der Waals surface area (Å²) in [4.78, 5) is 12.8. The molecule has 2 saturated heterocycles. The van der Waals surface area contributed by atoms with Gasteiger partial charge in [0.1, 0.15) is 0 Å². The van der Waals surface area contributed by atoms with Crippen LogP contribution >= 0.6 is 0 Å². The molecule has 3 atom stereocenters. The van der Waals surface area contributed by atoms with Crippen molar-refractivity contribution >= 4 is 5.97 Å².